The lowest BCUT2D eigenvalue weighted by Crippen LogP contribution is -2.19. The third-order valence-corrected chi connectivity index (χ3v) is 5.76. The Labute approximate surface area is 279 Å². The van der Waals surface area contributed by atoms with Crippen LogP contribution in [-0.4, -0.2) is 88.1 Å². The van der Waals surface area contributed by atoms with Gasteiger partial charge >= 0.3 is 0 Å². The fraction of sp³-hybridized carbons (Fsp3) is 0.368. The fourth-order valence-electron chi connectivity index (χ4n) is 3.61. The zero-order valence-corrected chi connectivity index (χ0v) is 29.8. The summed E-state index contributed by atoms with van der Waals surface area (Å²) in [5.74, 6) is 0. The number of unbranched alkanes of at least 4 members (excludes halogenated alkanes) is 2. The van der Waals surface area contributed by atoms with E-state index in [2.05, 4.69) is 131 Å². The van der Waals surface area contributed by atoms with E-state index in [1.807, 2.05) is 46.4 Å². The monoisotopic (exact) mass is 638 g/mol. The minimum atomic E-state index is 0.693. The van der Waals surface area contributed by atoms with Gasteiger partial charge in [-0.05, 0) is 73.7 Å². The number of benzene rings is 3. The minimum absolute atomic E-state index is 0.693. The molecule has 0 bridgehead atoms. The van der Waals surface area contributed by atoms with Crippen LogP contribution in [0.5, 0.6) is 0 Å². The Morgan fingerprint density at radius 1 is 0.761 bits per heavy atom. The number of aliphatic hydroxyl groups excluding tert-OH is 1. The Morgan fingerprint density at radius 2 is 1.15 bits per heavy atom. The number of nitrogens with zero attached hydrogens (tertiary/aromatic N) is 2. The summed E-state index contributed by atoms with van der Waals surface area (Å²) in [6.45, 7) is 7.39. The number of rotatable bonds is 14. The molecule has 0 saturated carbocycles. The van der Waals surface area contributed by atoms with Gasteiger partial charge in [0.15, 0.2) is 13.7 Å². The van der Waals surface area contributed by atoms with Crippen LogP contribution in [0.1, 0.15) is 52.6 Å². The molecule has 0 aliphatic heterocycles. The molecule has 8 heteroatoms. The molecule has 0 aliphatic carbocycles. The Morgan fingerprint density at radius 3 is 1.52 bits per heavy atom. The van der Waals surface area contributed by atoms with Crippen LogP contribution in [-0.2, 0) is 11.5 Å². The molecule has 0 radical (unpaired) electrons. The molecule has 0 aliphatic rings. The molecule has 0 amide bonds. The molecule has 3 rings (SSSR count). The molecule has 0 atom stereocenters. The van der Waals surface area contributed by atoms with E-state index in [1.165, 1.54) is 53.3 Å². The first-order valence-corrected chi connectivity index (χ1v) is 15.5. The summed E-state index contributed by atoms with van der Waals surface area (Å²) in [5.41, 5.74) is 11.7. The van der Waals surface area contributed by atoms with Gasteiger partial charge in [-0.15, -0.1) is 11.6 Å². The number of hydrogen-bond donors (Lipinski definition) is 3. The molecule has 0 spiro atoms. The summed E-state index contributed by atoms with van der Waals surface area (Å²) in [7, 11) is 13.6. The summed E-state index contributed by atoms with van der Waals surface area (Å²) in [6.07, 6.45) is 14.0. The van der Waals surface area contributed by atoms with Gasteiger partial charge in [0.05, 0.1) is 20.6 Å². The molecule has 3 aromatic rings. The number of nitrogens with one attached hydrogen (secondary N) is 1. The number of aryl methyl sites for hydroxylation is 1. The van der Waals surface area contributed by atoms with Gasteiger partial charge in [-0.25, -0.2) is 4.89 Å². The van der Waals surface area contributed by atoms with E-state index in [4.69, 9.17) is 10.1 Å². The predicted molar refractivity (Wildman–Crippen MR) is 201 cm³/mol. The lowest BCUT2D eigenvalue weighted by Gasteiger charge is -2.09. The molecule has 0 saturated heterocycles. The first-order chi connectivity index (χ1) is 22.3. The predicted octanol–water partition coefficient (Wildman–Crippen LogP) is 6.14. The van der Waals surface area contributed by atoms with Gasteiger partial charge in [-0.2, -0.15) is 0 Å². The topological polar surface area (TPSA) is 99.6 Å². The molecular weight excluding hydrogens is 576 g/mol. The highest BCUT2D eigenvalue weighted by Gasteiger charge is 2.02. The SMILES string of the molecule is C=CCCCC[OH+]N(C)C.CN.CNC.CO.C[OH+]ON(C)Cc1ccc(/C=C/c2ccc(/C=C/c3ccc(C)cc3)cc2)cc1. The van der Waals surface area contributed by atoms with Crippen molar-refractivity contribution in [3.8, 4) is 0 Å². The lowest BCUT2D eigenvalue weighted by molar-refractivity contribution is -0.499. The van der Waals surface area contributed by atoms with Crippen molar-refractivity contribution in [1.29, 1.82) is 0 Å². The van der Waals surface area contributed by atoms with Gasteiger partial charge in [0.25, 0.3) is 0 Å². The van der Waals surface area contributed by atoms with Crippen LogP contribution in [0.15, 0.2) is 85.5 Å². The normalized spacial score (nSPS) is 10.3. The number of aliphatic hydroxyl groups is 3. The Balaban J connectivity index is 0. The van der Waals surface area contributed by atoms with Crippen molar-refractivity contribution in [3.05, 3.63) is 119 Å². The molecule has 0 unspecified atom stereocenters. The quantitative estimate of drug-likeness (QED) is 0.0490. The highest BCUT2D eigenvalue weighted by atomic mass is 17.3. The van der Waals surface area contributed by atoms with Crippen LogP contribution in [0.25, 0.3) is 24.3 Å². The number of hydrogen-bond acceptors (Lipinski definition) is 6. The first kappa shape index (κ1) is 44.7. The van der Waals surface area contributed by atoms with Crippen LogP contribution in [0.2, 0.25) is 0 Å². The second-order valence-electron chi connectivity index (χ2n) is 10.0. The van der Waals surface area contributed by atoms with E-state index >= 15 is 0 Å². The van der Waals surface area contributed by atoms with Crippen LogP contribution < -0.4 is 11.1 Å². The second kappa shape index (κ2) is 31.5. The largest absolute Gasteiger partial charge is 0.400 e. The summed E-state index contributed by atoms with van der Waals surface area (Å²) in [5, 5.41) is 13.3. The molecule has 0 heterocycles. The van der Waals surface area contributed by atoms with E-state index in [0.717, 1.165) is 20.1 Å². The van der Waals surface area contributed by atoms with E-state index in [0.29, 0.717) is 6.54 Å². The van der Waals surface area contributed by atoms with E-state index < -0.39 is 0 Å². The summed E-state index contributed by atoms with van der Waals surface area (Å²) < 4.78 is 0. The van der Waals surface area contributed by atoms with Crippen LogP contribution in [0.3, 0.4) is 0 Å². The highest BCUT2D eigenvalue weighted by Crippen LogP contribution is 2.14. The van der Waals surface area contributed by atoms with Gasteiger partial charge < -0.3 is 21.0 Å². The van der Waals surface area contributed by atoms with E-state index in [-0.39, 0.29) is 0 Å². The molecule has 0 fully saturated rings. The maximum atomic E-state index is 7.00. The highest BCUT2D eigenvalue weighted by molar-refractivity contribution is 5.73. The maximum absolute atomic E-state index is 7.00. The molecule has 8 nitrogen and oxygen atoms in total. The Hall–Kier alpha value is -3.44. The van der Waals surface area contributed by atoms with Crippen molar-refractivity contribution < 1.29 is 19.8 Å². The van der Waals surface area contributed by atoms with E-state index in [1.54, 1.807) is 12.2 Å². The van der Waals surface area contributed by atoms with Gasteiger partial charge in [-0.3, -0.25) is 0 Å². The van der Waals surface area contributed by atoms with Crippen LogP contribution in [0, 0.1) is 6.92 Å². The number of allylic oxidation sites excluding steroid dienone is 1. The van der Waals surface area contributed by atoms with Gasteiger partial charge in [0.1, 0.15) is 0 Å². The third-order valence-electron chi connectivity index (χ3n) is 5.76. The smallest absolute Gasteiger partial charge is 0.176 e. The first-order valence-electron chi connectivity index (χ1n) is 15.5. The van der Waals surface area contributed by atoms with Gasteiger partial charge in [0, 0.05) is 20.6 Å². The third kappa shape index (κ3) is 24.8. The molecule has 46 heavy (non-hydrogen) atoms. The van der Waals surface area contributed by atoms with Crippen molar-refractivity contribution in [2.45, 2.75) is 32.7 Å². The van der Waals surface area contributed by atoms with Gasteiger partial charge in [0.2, 0.25) is 0 Å². The Kier molecular flexibility index (Phi) is 30.6. The summed E-state index contributed by atoms with van der Waals surface area (Å²) in [6, 6.07) is 25.5. The molecule has 3 aromatic carbocycles. The summed E-state index contributed by atoms with van der Waals surface area (Å²) in [4.78, 5) is 12.9. The van der Waals surface area contributed by atoms with Crippen molar-refractivity contribution in [2.75, 3.05) is 63.1 Å². The average molecular weight is 639 g/mol. The maximum Gasteiger partial charge on any atom is 0.176 e. The standard InChI is InChI=1S/C26H27NO2.C8H17NO.C2H7N.CH5N.CH4O/c1-21-4-6-22(7-5-21)8-9-23-10-12-24(13-11-23)14-15-25-16-18-26(19-17-25)20-27(2)29-28-3;1-4-5-6-7-8-10-9(2)3;1-3-2;2*1-2/h4-19H,20H2,1-3H3;4H,1,5-8H2,2-3H3;3H,1-2H3;2H2,1H3;2H,1H3/p+2/b9-8+,15-14+;;;;. The lowest BCUT2D eigenvalue weighted by atomic mass is 10.1. The second-order valence-corrected chi connectivity index (χ2v) is 10.0. The Bertz CT molecular complexity index is 1150. The summed E-state index contributed by atoms with van der Waals surface area (Å²) >= 11 is 0. The zero-order valence-electron chi connectivity index (χ0n) is 29.8. The zero-order chi connectivity index (χ0) is 35.0. The minimum Gasteiger partial charge on any atom is -0.400 e. The molecular formula is C38H62N4O4+2. The average Bonchev–Trinajstić information content (AvgIpc) is 3.07. The fourth-order valence-corrected chi connectivity index (χ4v) is 3.61. The van der Waals surface area contributed by atoms with Crippen molar-refractivity contribution >= 4 is 24.3 Å². The number of nitrogens with two attached hydrogens (primary N) is 1. The van der Waals surface area contributed by atoms with Crippen LogP contribution in [0.4, 0.5) is 0 Å². The van der Waals surface area contributed by atoms with E-state index in [9.17, 15) is 0 Å². The van der Waals surface area contributed by atoms with Crippen molar-refractivity contribution in [2.24, 2.45) is 5.73 Å². The number of hydroxylamine groups is 4. The van der Waals surface area contributed by atoms with Crippen molar-refractivity contribution in [3.63, 3.8) is 0 Å². The molecule has 256 valence electrons. The van der Waals surface area contributed by atoms with Crippen LogP contribution >= 0.6 is 0 Å². The van der Waals surface area contributed by atoms with Crippen molar-refractivity contribution in [1.82, 2.24) is 15.4 Å². The molecule has 6 N–H and O–H groups in total. The molecule has 0 aromatic heterocycles. The van der Waals surface area contributed by atoms with Gasteiger partial charge in [-0.1, -0.05) is 114 Å².